The maximum absolute atomic E-state index is 14.4. The number of fused-ring (bicyclic) bond motifs is 1. The van der Waals surface area contributed by atoms with Crippen LogP contribution >= 0.6 is 11.3 Å². The number of ether oxygens (including phenoxy) is 1. The van der Waals surface area contributed by atoms with Crippen LogP contribution in [-0.2, 0) is 11.3 Å². The Kier molecular flexibility index (Phi) is 6.01. The number of benzene rings is 1. The van der Waals surface area contributed by atoms with Gasteiger partial charge in [0.2, 0.25) is 0 Å². The van der Waals surface area contributed by atoms with Crippen molar-refractivity contribution >= 4 is 27.4 Å². The maximum atomic E-state index is 14.4. The number of nitrogens with zero attached hydrogens (tertiary/aromatic N) is 2. The summed E-state index contributed by atoms with van der Waals surface area (Å²) >= 11 is 1.30. The van der Waals surface area contributed by atoms with E-state index in [4.69, 9.17) is 9.84 Å². The van der Waals surface area contributed by atoms with Gasteiger partial charge in [-0.1, -0.05) is 6.07 Å². The van der Waals surface area contributed by atoms with Gasteiger partial charge in [-0.3, -0.25) is 9.80 Å². The monoisotopic (exact) mass is 366 g/mol. The summed E-state index contributed by atoms with van der Waals surface area (Å²) in [6.07, 6.45) is 0. The lowest BCUT2D eigenvalue weighted by atomic mass is 10.1. The Balaban J connectivity index is 1.86. The first kappa shape index (κ1) is 18.3. The van der Waals surface area contributed by atoms with Gasteiger partial charge in [0, 0.05) is 54.9 Å². The third kappa shape index (κ3) is 4.00. The first-order valence-corrected chi connectivity index (χ1v) is 9.38. The van der Waals surface area contributed by atoms with Crippen LogP contribution in [0.4, 0.5) is 4.39 Å². The van der Waals surface area contributed by atoms with E-state index >= 15 is 0 Å². The van der Waals surface area contributed by atoms with Gasteiger partial charge in [-0.2, -0.15) is 0 Å². The van der Waals surface area contributed by atoms with Crippen LogP contribution in [0, 0.1) is 5.82 Å². The topological polar surface area (TPSA) is 53.0 Å². The maximum Gasteiger partial charge on any atom is 0.348 e. The van der Waals surface area contributed by atoms with Crippen LogP contribution in [0.1, 0.15) is 22.2 Å². The minimum absolute atomic E-state index is 0.160. The van der Waals surface area contributed by atoms with E-state index in [-0.39, 0.29) is 18.4 Å². The van der Waals surface area contributed by atoms with E-state index in [9.17, 15) is 9.18 Å². The largest absolute Gasteiger partial charge is 0.462 e. The number of rotatable bonds is 6. The van der Waals surface area contributed by atoms with Gasteiger partial charge in [0.25, 0.3) is 0 Å². The molecule has 0 unspecified atom stereocenters. The lowest BCUT2D eigenvalue weighted by molar-refractivity contribution is 0.0528. The quantitative estimate of drug-likeness (QED) is 0.796. The Labute approximate surface area is 150 Å². The highest BCUT2D eigenvalue weighted by Gasteiger charge is 2.25. The first-order chi connectivity index (χ1) is 12.1. The molecular formula is C18H23FN2O3S. The normalized spacial score (nSPS) is 16.4. The van der Waals surface area contributed by atoms with Gasteiger partial charge < -0.3 is 9.84 Å². The van der Waals surface area contributed by atoms with E-state index in [0.717, 1.165) is 36.4 Å². The summed E-state index contributed by atoms with van der Waals surface area (Å²) in [5.41, 5.74) is 0.729. The molecule has 2 aromatic rings. The van der Waals surface area contributed by atoms with Crippen LogP contribution in [0.25, 0.3) is 10.1 Å². The number of piperazine rings is 1. The van der Waals surface area contributed by atoms with Crippen LogP contribution in [0.2, 0.25) is 0 Å². The van der Waals surface area contributed by atoms with Crippen molar-refractivity contribution in [3.63, 3.8) is 0 Å². The Morgan fingerprint density at radius 2 is 2.00 bits per heavy atom. The smallest absolute Gasteiger partial charge is 0.348 e. The molecule has 1 aromatic carbocycles. The summed E-state index contributed by atoms with van der Waals surface area (Å²) in [7, 11) is 0. The molecule has 1 aliphatic rings. The molecule has 1 aliphatic heterocycles. The Hall–Kier alpha value is -1.54. The Morgan fingerprint density at radius 1 is 1.28 bits per heavy atom. The standard InChI is InChI=1S/C18H23FN2O3S/c1-2-24-18(23)17-13(16-14(19)4-3-5-15(16)25-17)12-21-8-6-20(7-9-21)10-11-22/h3-5,22H,2,6-12H2,1H3. The molecule has 1 fully saturated rings. The second-order valence-electron chi connectivity index (χ2n) is 6.08. The number of hydrogen-bond donors (Lipinski definition) is 1. The van der Waals surface area contributed by atoms with Crippen molar-refractivity contribution in [2.75, 3.05) is 45.9 Å². The molecule has 7 heteroatoms. The minimum atomic E-state index is -0.378. The fourth-order valence-corrected chi connectivity index (χ4v) is 4.34. The number of carbonyl (C=O) groups is 1. The van der Waals surface area contributed by atoms with Crippen LogP contribution in [0.5, 0.6) is 0 Å². The Bertz CT molecular complexity index is 741. The lowest BCUT2D eigenvalue weighted by Gasteiger charge is -2.34. The minimum Gasteiger partial charge on any atom is -0.462 e. The zero-order valence-electron chi connectivity index (χ0n) is 14.3. The predicted molar refractivity (Wildman–Crippen MR) is 96.5 cm³/mol. The van der Waals surface area contributed by atoms with E-state index in [1.54, 1.807) is 13.0 Å². The van der Waals surface area contributed by atoms with Crippen molar-refractivity contribution in [1.82, 2.24) is 9.80 Å². The number of aliphatic hydroxyl groups is 1. The van der Waals surface area contributed by atoms with Crippen molar-refractivity contribution in [2.24, 2.45) is 0 Å². The molecule has 0 saturated carbocycles. The van der Waals surface area contributed by atoms with E-state index in [2.05, 4.69) is 9.80 Å². The number of esters is 1. The molecule has 1 aromatic heterocycles. The van der Waals surface area contributed by atoms with Gasteiger partial charge in [-0.15, -0.1) is 11.3 Å². The second-order valence-corrected chi connectivity index (χ2v) is 7.14. The average Bonchev–Trinajstić information content (AvgIpc) is 2.97. The zero-order chi connectivity index (χ0) is 17.8. The summed E-state index contributed by atoms with van der Waals surface area (Å²) in [5, 5.41) is 9.58. The van der Waals surface area contributed by atoms with Gasteiger partial charge in [-0.25, -0.2) is 9.18 Å². The molecule has 0 bridgehead atoms. The molecule has 0 atom stereocenters. The molecule has 25 heavy (non-hydrogen) atoms. The number of carbonyl (C=O) groups excluding carboxylic acids is 1. The molecular weight excluding hydrogens is 343 g/mol. The third-order valence-corrected chi connectivity index (χ3v) is 5.66. The van der Waals surface area contributed by atoms with Crippen molar-refractivity contribution in [3.8, 4) is 0 Å². The molecule has 0 spiro atoms. The molecule has 3 rings (SSSR count). The predicted octanol–water partition coefficient (Wildman–Crippen LogP) is 2.33. The summed E-state index contributed by atoms with van der Waals surface area (Å²) in [6, 6.07) is 4.95. The van der Waals surface area contributed by atoms with Crippen molar-refractivity contribution in [3.05, 3.63) is 34.5 Å². The van der Waals surface area contributed by atoms with E-state index in [1.165, 1.54) is 17.4 Å². The SMILES string of the molecule is CCOC(=O)c1sc2cccc(F)c2c1CN1CCN(CCO)CC1. The number of halogens is 1. The van der Waals surface area contributed by atoms with Gasteiger partial charge >= 0.3 is 5.97 Å². The third-order valence-electron chi connectivity index (χ3n) is 4.49. The van der Waals surface area contributed by atoms with Gasteiger partial charge in [0.15, 0.2) is 0 Å². The fraction of sp³-hybridized carbons (Fsp3) is 0.500. The van der Waals surface area contributed by atoms with Gasteiger partial charge in [0.05, 0.1) is 13.2 Å². The van der Waals surface area contributed by atoms with Gasteiger partial charge in [-0.05, 0) is 19.1 Å². The molecule has 5 nitrogen and oxygen atoms in total. The highest BCUT2D eigenvalue weighted by Crippen LogP contribution is 2.34. The molecule has 0 radical (unpaired) electrons. The molecule has 0 aliphatic carbocycles. The summed E-state index contributed by atoms with van der Waals surface area (Å²) in [5.74, 6) is -0.671. The summed E-state index contributed by atoms with van der Waals surface area (Å²) < 4.78 is 20.4. The van der Waals surface area contributed by atoms with Crippen LogP contribution in [0.3, 0.4) is 0 Å². The van der Waals surface area contributed by atoms with Gasteiger partial charge in [0.1, 0.15) is 10.7 Å². The number of thiophene rings is 1. The Morgan fingerprint density at radius 3 is 2.68 bits per heavy atom. The number of hydrogen-bond acceptors (Lipinski definition) is 6. The molecule has 1 N–H and O–H groups in total. The van der Waals surface area contributed by atoms with E-state index in [0.29, 0.717) is 30.0 Å². The summed E-state index contributed by atoms with van der Waals surface area (Å²) in [6.45, 7) is 6.82. The second kappa shape index (κ2) is 8.23. The van der Waals surface area contributed by atoms with Crippen LogP contribution < -0.4 is 0 Å². The number of aliphatic hydroxyl groups excluding tert-OH is 1. The van der Waals surface area contributed by atoms with Crippen molar-refractivity contribution in [1.29, 1.82) is 0 Å². The van der Waals surface area contributed by atoms with E-state index < -0.39 is 0 Å². The van der Waals surface area contributed by atoms with Crippen LogP contribution in [-0.4, -0.2) is 66.8 Å². The molecule has 0 amide bonds. The zero-order valence-corrected chi connectivity index (χ0v) is 15.1. The highest BCUT2D eigenvalue weighted by atomic mass is 32.1. The summed E-state index contributed by atoms with van der Waals surface area (Å²) in [4.78, 5) is 17.3. The molecule has 136 valence electrons. The highest BCUT2D eigenvalue weighted by molar-refractivity contribution is 7.21. The fourth-order valence-electron chi connectivity index (χ4n) is 3.22. The molecule has 1 saturated heterocycles. The first-order valence-electron chi connectivity index (χ1n) is 8.56. The van der Waals surface area contributed by atoms with Crippen molar-refractivity contribution < 1.29 is 19.0 Å². The van der Waals surface area contributed by atoms with Crippen molar-refractivity contribution in [2.45, 2.75) is 13.5 Å². The van der Waals surface area contributed by atoms with E-state index in [1.807, 2.05) is 6.07 Å². The average molecular weight is 366 g/mol. The molecule has 2 heterocycles. The lowest BCUT2D eigenvalue weighted by Crippen LogP contribution is -2.46. The van der Waals surface area contributed by atoms with Crippen LogP contribution in [0.15, 0.2) is 18.2 Å². The number of β-amino-alcohol motifs (C(OH)–C–C–N with tert-alkyl or cyclic N) is 1.